The molecule has 0 radical (unpaired) electrons. The SMILES string of the molecule is CCOC(=O)C(C(=O)OCC)=C(NI(Cl)c1ccccc1)c1ccccc1. The molecule has 0 saturated heterocycles. The van der Waals surface area contributed by atoms with Gasteiger partial charge in [0.25, 0.3) is 0 Å². The van der Waals surface area contributed by atoms with Gasteiger partial charge in [0.1, 0.15) is 0 Å². The van der Waals surface area contributed by atoms with Crippen molar-refractivity contribution in [2.75, 3.05) is 13.2 Å². The number of hydrogen-bond donors (Lipinski definition) is 1. The third-order valence-corrected chi connectivity index (χ3v) is 7.79. The monoisotopic (exact) mass is 501 g/mol. The topological polar surface area (TPSA) is 64.6 Å². The number of nitrogens with one attached hydrogen (secondary N) is 1. The van der Waals surface area contributed by atoms with Gasteiger partial charge in [-0.15, -0.1) is 0 Å². The van der Waals surface area contributed by atoms with Crippen LogP contribution in [0.3, 0.4) is 0 Å². The summed E-state index contributed by atoms with van der Waals surface area (Å²) < 4.78 is 14.4. The van der Waals surface area contributed by atoms with Gasteiger partial charge in [-0.25, -0.2) is 0 Å². The first kappa shape index (κ1) is 21.2. The van der Waals surface area contributed by atoms with Crippen molar-refractivity contribution >= 4 is 45.5 Å². The molecule has 0 bridgehead atoms. The molecule has 5 nitrogen and oxygen atoms in total. The molecule has 27 heavy (non-hydrogen) atoms. The third kappa shape index (κ3) is 5.97. The van der Waals surface area contributed by atoms with Gasteiger partial charge in [0.05, 0.1) is 0 Å². The van der Waals surface area contributed by atoms with Crippen LogP contribution in [0.5, 0.6) is 0 Å². The van der Waals surface area contributed by atoms with Crippen molar-refractivity contribution < 1.29 is 19.1 Å². The number of rotatable bonds is 8. The Morgan fingerprint density at radius 2 is 1.37 bits per heavy atom. The van der Waals surface area contributed by atoms with Crippen molar-refractivity contribution in [1.29, 1.82) is 0 Å². The molecule has 1 N–H and O–H groups in total. The second-order valence-corrected chi connectivity index (χ2v) is 10.2. The first-order chi connectivity index (χ1) is 13.1. The summed E-state index contributed by atoms with van der Waals surface area (Å²) in [6.45, 7) is 3.65. The van der Waals surface area contributed by atoms with E-state index in [9.17, 15) is 9.59 Å². The quantitative estimate of drug-likeness (QED) is 0.143. The molecule has 0 fully saturated rings. The molecule has 0 heterocycles. The van der Waals surface area contributed by atoms with Crippen LogP contribution in [-0.2, 0) is 19.1 Å². The number of ether oxygens (including phenoxy) is 2. The summed E-state index contributed by atoms with van der Waals surface area (Å²) in [5.41, 5.74) is 0.813. The zero-order valence-electron chi connectivity index (χ0n) is 15.1. The molecular weight excluding hydrogens is 481 g/mol. The van der Waals surface area contributed by atoms with Crippen LogP contribution in [0, 0.1) is 3.57 Å². The van der Waals surface area contributed by atoms with E-state index in [2.05, 4.69) is 3.53 Å². The van der Waals surface area contributed by atoms with Crippen molar-refractivity contribution in [3.63, 3.8) is 0 Å². The fourth-order valence-electron chi connectivity index (χ4n) is 2.21. The average Bonchev–Trinajstić information content (AvgIpc) is 2.69. The first-order valence-electron chi connectivity index (χ1n) is 8.40. The predicted molar refractivity (Wildman–Crippen MR) is 115 cm³/mol. The van der Waals surface area contributed by atoms with Gasteiger partial charge < -0.3 is 0 Å². The van der Waals surface area contributed by atoms with Crippen LogP contribution in [0.25, 0.3) is 5.70 Å². The summed E-state index contributed by atoms with van der Waals surface area (Å²) in [6.07, 6.45) is 0. The molecule has 0 aliphatic carbocycles. The van der Waals surface area contributed by atoms with Crippen LogP contribution in [-0.4, -0.2) is 25.2 Å². The van der Waals surface area contributed by atoms with E-state index in [1.54, 1.807) is 26.0 Å². The van der Waals surface area contributed by atoms with E-state index in [0.29, 0.717) is 11.3 Å². The van der Waals surface area contributed by atoms with Crippen LogP contribution in [0.15, 0.2) is 66.2 Å². The second kappa shape index (κ2) is 10.9. The van der Waals surface area contributed by atoms with Crippen LogP contribution in [0.1, 0.15) is 19.4 Å². The molecule has 0 atom stereocenters. The molecule has 0 aromatic heterocycles. The number of halogens is 2. The first-order valence-corrected chi connectivity index (χ1v) is 13.3. The van der Waals surface area contributed by atoms with Crippen molar-refractivity contribution in [1.82, 2.24) is 3.53 Å². The summed E-state index contributed by atoms with van der Waals surface area (Å²) in [4.78, 5) is 25.1. The van der Waals surface area contributed by atoms with Gasteiger partial charge in [-0.3, -0.25) is 0 Å². The molecule has 7 heteroatoms. The van der Waals surface area contributed by atoms with Gasteiger partial charge in [0.15, 0.2) is 0 Å². The summed E-state index contributed by atoms with van der Waals surface area (Å²) in [5, 5.41) is 0. The fourth-order valence-corrected chi connectivity index (χ4v) is 5.74. The van der Waals surface area contributed by atoms with Crippen LogP contribution in [0.2, 0.25) is 0 Å². The van der Waals surface area contributed by atoms with Crippen molar-refractivity contribution in [2.45, 2.75) is 13.8 Å². The van der Waals surface area contributed by atoms with Crippen molar-refractivity contribution in [3.8, 4) is 0 Å². The van der Waals surface area contributed by atoms with Crippen LogP contribution < -0.4 is 3.53 Å². The molecule has 0 saturated carbocycles. The van der Waals surface area contributed by atoms with Gasteiger partial charge in [-0.2, -0.15) is 0 Å². The van der Waals surface area contributed by atoms with E-state index in [0.717, 1.165) is 3.57 Å². The van der Waals surface area contributed by atoms with E-state index < -0.39 is 30.9 Å². The number of carbonyl (C=O) groups is 2. The number of benzene rings is 2. The number of carbonyl (C=O) groups excluding carboxylic acids is 2. The van der Waals surface area contributed by atoms with Crippen molar-refractivity contribution in [2.24, 2.45) is 0 Å². The molecule has 0 aliphatic heterocycles. The normalized spacial score (nSPS) is 10.6. The number of hydrogen-bond acceptors (Lipinski definition) is 5. The summed E-state index contributed by atoms with van der Waals surface area (Å²) in [7, 11) is 6.67. The Bertz CT molecular complexity index is 776. The molecule has 2 aromatic carbocycles. The van der Waals surface area contributed by atoms with Gasteiger partial charge in [0.2, 0.25) is 0 Å². The van der Waals surface area contributed by atoms with E-state index in [1.807, 2.05) is 48.5 Å². The molecule has 0 aliphatic rings. The molecule has 2 aromatic rings. The Kier molecular flexibility index (Phi) is 8.60. The van der Waals surface area contributed by atoms with E-state index in [4.69, 9.17) is 18.4 Å². The van der Waals surface area contributed by atoms with Crippen LogP contribution in [0.4, 0.5) is 0 Å². The summed E-state index contributed by atoms with van der Waals surface area (Å²) >= 11 is -2.42. The maximum absolute atomic E-state index is 12.5. The molecule has 0 unspecified atom stereocenters. The van der Waals surface area contributed by atoms with Crippen LogP contribution >= 0.6 is 27.9 Å². The predicted octanol–water partition coefficient (Wildman–Crippen LogP) is 4.56. The zero-order chi connectivity index (χ0) is 19.6. The number of esters is 2. The Morgan fingerprint density at radius 1 is 0.889 bits per heavy atom. The van der Waals surface area contributed by atoms with Gasteiger partial charge in [0, 0.05) is 0 Å². The Balaban J connectivity index is 2.54. The van der Waals surface area contributed by atoms with E-state index in [-0.39, 0.29) is 18.8 Å². The fraction of sp³-hybridized carbons (Fsp3) is 0.200. The molecule has 0 spiro atoms. The summed E-state index contributed by atoms with van der Waals surface area (Å²) in [5.74, 6) is -1.48. The Labute approximate surface area is 170 Å². The minimum absolute atomic E-state index is 0.145. The van der Waals surface area contributed by atoms with Crippen molar-refractivity contribution in [3.05, 3.63) is 75.4 Å². The minimum atomic E-state index is -2.42. The van der Waals surface area contributed by atoms with E-state index in [1.165, 1.54) is 0 Å². The van der Waals surface area contributed by atoms with Gasteiger partial charge in [-0.05, 0) is 0 Å². The molecule has 144 valence electrons. The maximum atomic E-state index is 12.5. The Morgan fingerprint density at radius 3 is 1.85 bits per heavy atom. The molecular formula is C20H21ClINO4. The average molecular weight is 502 g/mol. The molecule has 2 rings (SSSR count). The Hall–Kier alpha value is -2.06. The zero-order valence-corrected chi connectivity index (χ0v) is 18.0. The molecule has 0 amide bonds. The second-order valence-electron chi connectivity index (χ2n) is 5.18. The third-order valence-electron chi connectivity index (χ3n) is 3.37. The standard InChI is InChI=1S/C20H21ClINO4/c1-3-26-19(24)17(20(25)27-4-2)18(15-11-7-5-8-12-15)23-22(21)16-13-9-6-10-14-16/h5-14,23H,3-4H2,1-2H3. The summed E-state index contributed by atoms with van der Waals surface area (Å²) in [6, 6.07) is 18.6. The van der Waals surface area contributed by atoms with E-state index >= 15 is 0 Å². The van der Waals surface area contributed by atoms with Gasteiger partial charge in [-0.1, -0.05) is 0 Å². The van der Waals surface area contributed by atoms with Gasteiger partial charge >= 0.3 is 171 Å².